The predicted molar refractivity (Wildman–Crippen MR) is 96.2 cm³/mol. The molecule has 4 N–H and O–H groups in total. The number of benzene rings is 1. The molecule has 1 aromatic heterocycles. The van der Waals surface area contributed by atoms with E-state index in [0.717, 1.165) is 38.2 Å². The number of aromatic nitrogens is 3. The van der Waals surface area contributed by atoms with E-state index < -0.39 is 0 Å². The molecule has 4 atom stereocenters. The molecule has 3 saturated heterocycles. The molecule has 8 heteroatoms. The van der Waals surface area contributed by atoms with Crippen LogP contribution in [0.4, 0.5) is 5.69 Å². The average molecular weight is 356 g/mol. The highest BCUT2D eigenvalue weighted by molar-refractivity contribution is 5.93. The van der Waals surface area contributed by atoms with E-state index in [1.165, 1.54) is 0 Å². The fourth-order valence-corrected chi connectivity index (χ4v) is 4.18. The fraction of sp³-hybridized carbons (Fsp3) is 0.500. The number of rotatable bonds is 5. The van der Waals surface area contributed by atoms with Gasteiger partial charge >= 0.3 is 0 Å². The van der Waals surface area contributed by atoms with Crippen molar-refractivity contribution in [3.63, 3.8) is 0 Å². The molecule has 0 aliphatic carbocycles. The lowest BCUT2D eigenvalue weighted by atomic mass is 9.75. The number of aromatic hydroxyl groups is 1. The molecular formula is C18H24N6O2. The Labute approximate surface area is 152 Å². The van der Waals surface area contributed by atoms with Crippen molar-refractivity contribution in [3.8, 4) is 5.75 Å². The van der Waals surface area contributed by atoms with Gasteiger partial charge in [-0.05, 0) is 37.4 Å². The van der Waals surface area contributed by atoms with Crippen LogP contribution in [0, 0.1) is 11.8 Å². The SMILES string of the molecule is NCc1cn(C[C@H]2C[C@@H]3CCN2C[C@@H]3C(=O)Nc2cccc(O)c2)nn1. The Morgan fingerprint density at radius 1 is 1.42 bits per heavy atom. The Hall–Kier alpha value is -2.45. The van der Waals surface area contributed by atoms with E-state index in [4.69, 9.17) is 5.73 Å². The van der Waals surface area contributed by atoms with E-state index in [1.54, 1.807) is 24.3 Å². The molecule has 3 aliphatic heterocycles. The number of nitrogens with two attached hydrogens (primary N) is 1. The van der Waals surface area contributed by atoms with Gasteiger partial charge in [-0.1, -0.05) is 11.3 Å². The molecule has 8 nitrogen and oxygen atoms in total. The van der Waals surface area contributed by atoms with Crippen LogP contribution in [-0.2, 0) is 17.9 Å². The lowest BCUT2D eigenvalue weighted by molar-refractivity contribution is -0.127. The zero-order chi connectivity index (χ0) is 18.1. The number of nitrogens with zero attached hydrogens (tertiary/aromatic N) is 4. The van der Waals surface area contributed by atoms with Crippen molar-refractivity contribution < 1.29 is 9.90 Å². The summed E-state index contributed by atoms with van der Waals surface area (Å²) in [5.41, 5.74) is 7.03. The summed E-state index contributed by atoms with van der Waals surface area (Å²) in [6.07, 6.45) is 3.92. The van der Waals surface area contributed by atoms with Gasteiger partial charge in [-0.25, -0.2) is 0 Å². The van der Waals surface area contributed by atoms with E-state index in [1.807, 2.05) is 10.9 Å². The van der Waals surface area contributed by atoms with Gasteiger partial charge in [0, 0.05) is 37.1 Å². The van der Waals surface area contributed by atoms with Gasteiger partial charge in [0.2, 0.25) is 5.91 Å². The number of fused-ring (bicyclic) bond motifs is 3. The first-order chi connectivity index (χ1) is 12.6. The van der Waals surface area contributed by atoms with Gasteiger partial charge < -0.3 is 16.2 Å². The van der Waals surface area contributed by atoms with Crippen molar-refractivity contribution in [2.75, 3.05) is 18.4 Å². The summed E-state index contributed by atoms with van der Waals surface area (Å²) in [6, 6.07) is 7.06. The number of hydrogen-bond acceptors (Lipinski definition) is 6. The maximum Gasteiger partial charge on any atom is 0.229 e. The molecule has 3 fully saturated rings. The first-order valence-electron chi connectivity index (χ1n) is 9.05. The largest absolute Gasteiger partial charge is 0.508 e. The molecule has 0 saturated carbocycles. The second kappa shape index (κ2) is 7.05. The molecule has 0 spiro atoms. The Balaban J connectivity index is 1.39. The van der Waals surface area contributed by atoms with Crippen LogP contribution >= 0.6 is 0 Å². The standard InChI is InChI=1S/C18H24N6O2/c19-8-14-9-24(22-21-14)10-15-6-12-4-5-23(15)11-17(12)18(26)20-13-2-1-3-16(25)7-13/h1-3,7,9,12,15,17,25H,4-6,8,10-11,19H2,(H,20,26)/t12-,15+,17-/m0/s1. The Kier molecular flexibility index (Phi) is 4.60. The molecule has 1 aromatic carbocycles. The van der Waals surface area contributed by atoms with Crippen LogP contribution in [0.25, 0.3) is 0 Å². The second-order valence-electron chi connectivity index (χ2n) is 7.22. The summed E-state index contributed by atoms with van der Waals surface area (Å²) in [7, 11) is 0. The van der Waals surface area contributed by atoms with Gasteiger partial charge in [-0.15, -0.1) is 5.10 Å². The summed E-state index contributed by atoms with van der Waals surface area (Å²) in [4.78, 5) is 15.1. The van der Waals surface area contributed by atoms with Crippen LogP contribution in [-0.4, -0.2) is 50.0 Å². The minimum absolute atomic E-state index is 0.0160. The van der Waals surface area contributed by atoms with Crippen LogP contribution in [0.3, 0.4) is 0 Å². The zero-order valence-corrected chi connectivity index (χ0v) is 14.6. The number of carbonyl (C=O) groups excluding carboxylic acids is 1. The first kappa shape index (κ1) is 17.0. The minimum Gasteiger partial charge on any atom is -0.508 e. The van der Waals surface area contributed by atoms with Gasteiger partial charge in [0.15, 0.2) is 0 Å². The number of phenolic OH excluding ortho intramolecular Hbond substituents is 1. The number of phenols is 1. The summed E-state index contributed by atoms with van der Waals surface area (Å²) in [5.74, 6) is 0.550. The van der Waals surface area contributed by atoms with Crippen LogP contribution < -0.4 is 11.1 Å². The highest BCUT2D eigenvalue weighted by Gasteiger charge is 2.43. The normalized spacial score (nSPS) is 27.4. The monoisotopic (exact) mass is 356 g/mol. The molecule has 4 heterocycles. The second-order valence-corrected chi connectivity index (χ2v) is 7.22. The minimum atomic E-state index is -0.0160. The van der Waals surface area contributed by atoms with E-state index >= 15 is 0 Å². The number of amides is 1. The maximum atomic E-state index is 12.7. The Morgan fingerprint density at radius 2 is 2.31 bits per heavy atom. The first-order valence-corrected chi connectivity index (χ1v) is 9.05. The van der Waals surface area contributed by atoms with Crippen LogP contribution in [0.5, 0.6) is 5.75 Å². The van der Waals surface area contributed by atoms with Crippen molar-refractivity contribution in [2.45, 2.75) is 32.0 Å². The van der Waals surface area contributed by atoms with E-state index in [9.17, 15) is 9.90 Å². The van der Waals surface area contributed by atoms with Crippen LogP contribution in [0.2, 0.25) is 0 Å². The number of anilines is 1. The lowest BCUT2D eigenvalue weighted by Crippen LogP contribution is -2.57. The maximum absolute atomic E-state index is 12.7. The fourth-order valence-electron chi connectivity index (χ4n) is 4.18. The molecular weight excluding hydrogens is 332 g/mol. The van der Waals surface area contributed by atoms with Gasteiger partial charge in [0.25, 0.3) is 0 Å². The van der Waals surface area contributed by atoms with Crippen molar-refractivity contribution in [1.29, 1.82) is 0 Å². The van der Waals surface area contributed by atoms with Gasteiger partial charge in [-0.2, -0.15) is 0 Å². The molecule has 3 aliphatic rings. The average Bonchev–Trinajstić information content (AvgIpc) is 3.10. The molecule has 2 aromatic rings. The van der Waals surface area contributed by atoms with E-state index in [0.29, 0.717) is 24.2 Å². The number of piperidine rings is 3. The van der Waals surface area contributed by atoms with Crippen molar-refractivity contribution in [3.05, 3.63) is 36.2 Å². The van der Waals surface area contributed by atoms with E-state index in [-0.39, 0.29) is 17.6 Å². The topological polar surface area (TPSA) is 109 Å². The number of hydrogen-bond donors (Lipinski definition) is 3. The number of nitrogens with one attached hydrogen (secondary N) is 1. The summed E-state index contributed by atoms with van der Waals surface area (Å²) < 4.78 is 1.86. The van der Waals surface area contributed by atoms with Crippen LogP contribution in [0.15, 0.2) is 30.5 Å². The molecule has 0 radical (unpaired) electrons. The number of carbonyl (C=O) groups is 1. The third-order valence-electron chi connectivity index (χ3n) is 5.52. The zero-order valence-electron chi connectivity index (χ0n) is 14.6. The molecule has 1 amide bonds. The third-order valence-corrected chi connectivity index (χ3v) is 5.52. The summed E-state index contributed by atoms with van der Waals surface area (Å²) in [6.45, 7) is 2.96. The smallest absolute Gasteiger partial charge is 0.229 e. The van der Waals surface area contributed by atoms with E-state index in [2.05, 4.69) is 20.5 Å². The highest BCUT2D eigenvalue weighted by Crippen LogP contribution is 2.37. The Bertz CT molecular complexity index is 791. The van der Waals surface area contributed by atoms with Crippen molar-refractivity contribution in [1.82, 2.24) is 19.9 Å². The summed E-state index contributed by atoms with van der Waals surface area (Å²) in [5, 5.41) is 20.7. The molecule has 5 rings (SSSR count). The highest BCUT2D eigenvalue weighted by atomic mass is 16.3. The quantitative estimate of drug-likeness (QED) is 0.731. The molecule has 138 valence electrons. The molecule has 1 unspecified atom stereocenters. The lowest BCUT2D eigenvalue weighted by Gasteiger charge is -2.49. The Morgan fingerprint density at radius 3 is 3.00 bits per heavy atom. The predicted octanol–water partition coefficient (Wildman–Crippen LogP) is 0.791. The summed E-state index contributed by atoms with van der Waals surface area (Å²) >= 11 is 0. The van der Waals surface area contributed by atoms with Gasteiger partial charge in [-0.3, -0.25) is 14.4 Å². The van der Waals surface area contributed by atoms with Crippen molar-refractivity contribution in [2.24, 2.45) is 17.6 Å². The van der Waals surface area contributed by atoms with Gasteiger partial charge in [0.05, 0.1) is 18.2 Å². The van der Waals surface area contributed by atoms with Crippen LogP contribution in [0.1, 0.15) is 18.5 Å². The molecule has 26 heavy (non-hydrogen) atoms. The molecule has 2 bridgehead atoms. The third kappa shape index (κ3) is 3.42. The van der Waals surface area contributed by atoms with Gasteiger partial charge in [0.1, 0.15) is 5.75 Å². The van der Waals surface area contributed by atoms with Crippen molar-refractivity contribution >= 4 is 11.6 Å².